The summed E-state index contributed by atoms with van der Waals surface area (Å²) < 4.78 is 7.20. The van der Waals surface area contributed by atoms with Crippen molar-refractivity contribution < 1.29 is 2.76 Å². The van der Waals surface area contributed by atoms with Gasteiger partial charge in [0.25, 0.3) is 0 Å². The number of aryl methyl sites for hydroxylation is 1. The van der Waals surface area contributed by atoms with Gasteiger partial charge in [-0.2, -0.15) is 0 Å². The minimum absolute atomic E-state index is 0.335. The Morgan fingerprint density at radius 1 is 1.23 bits per heavy atom. The van der Waals surface area contributed by atoms with E-state index in [1.54, 1.807) is 0 Å². The first-order chi connectivity index (χ1) is 6.40. The van der Waals surface area contributed by atoms with Gasteiger partial charge in [0.1, 0.15) is 0 Å². The molecule has 0 saturated carbocycles. The first-order valence-electron chi connectivity index (χ1n) is 4.37. The van der Waals surface area contributed by atoms with E-state index in [1.165, 1.54) is 9.14 Å². The third kappa shape index (κ3) is 2.02. The molecule has 2 heteroatoms. The minimum atomic E-state index is -0.335. The summed E-state index contributed by atoms with van der Waals surface area (Å²) in [5, 5.41) is 0. The van der Waals surface area contributed by atoms with Crippen molar-refractivity contribution in [3.8, 4) is 11.3 Å². The fraction of sp³-hybridized carbons (Fsp3) is 0.182. The molecule has 2 rings (SSSR count). The van der Waals surface area contributed by atoms with Gasteiger partial charge < -0.3 is 0 Å². The molecule has 0 saturated heterocycles. The van der Waals surface area contributed by atoms with Gasteiger partial charge in [-0.15, -0.1) is 0 Å². The van der Waals surface area contributed by atoms with Crippen LogP contribution >= 0.6 is 0 Å². The molecule has 0 fully saturated rings. The SMILES string of the molecule is CCc1cc(-c2ccccc2)[o+][te]1. The zero-order valence-electron chi connectivity index (χ0n) is 7.49. The summed E-state index contributed by atoms with van der Waals surface area (Å²) >= 11 is -0.335. The Labute approximate surface area is 88.2 Å². The topological polar surface area (TPSA) is 11.3 Å². The van der Waals surface area contributed by atoms with Gasteiger partial charge in [-0.05, 0) is 0 Å². The fourth-order valence-electron chi connectivity index (χ4n) is 1.19. The third-order valence-electron chi connectivity index (χ3n) is 1.94. The van der Waals surface area contributed by atoms with Gasteiger partial charge in [-0.1, -0.05) is 0 Å². The molecule has 66 valence electrons. The molecule has 0 radical (unpaired) electrons. The second-order valence-corrected chi connectivity index (χ2v) is 5.31. The molecule has 0 aliphatic heterocycles. The van der Waals surface area contributed by atoms with Crippen molar-refractivity contribution >= 4 is 20.9 Å². The van der Waals surface area contributed by atoms with Crippen LogP contribution in [0.4, 0.5) is 0 Å². The van der Waals surface area contributed by atoms with Crippen molar-refractivity contribution in [3.63, 3.8) is 0 Å². The van der Waals surface area contributed by atoms with Crippen LogP contribution in [-0.4, -0.2) is 20.9 Å². The molecule has 0 bridgehead atoms. The second-order valence-electron chi connectivity index (χ2n) is 2.86. The van der Waals surface area contributed by atoms with E-state index in [9.17, 15) is 0 Å². The molecule has 0 atom stereocenters. The molecular weight excluding hydrogens is 276 g/mol. The van der Waals surface area contributed by atoms with Crippen LogP contribution in [0.1, 0.15) is 10.5 Å². The monoisotopic (exact) mass is 289 g/mol. The zero-order chi connectivity index (χ0) is 9.10. The Bertz CT molecular complexity index is 378. The van der Waals surface area contributed by atoms with Gasteiger partial charge in [0.15, 0.2) is 0 Å². The summed E-state index contributed by atoms with van der Waals surface area (Å²) in [6.45, 7) is 2.19. The Balaban J connectivity index is 2.36. The molecule has 0 spiro atoms. The van der Waals surface area contributed by atoms with Crippen LogP contribution in [0.2, 0.25) is 0 Å². The molecule has 2 aromatic rings. The van der Waals surface area contributed by atoms with Crippen molar-refractivity contribution in [1.82, 2.24) is 0 Å². The molecule has 0 aliphatic rings. The molecule has 1 heterocycles. The van der Waals surface area contributed by atoms with E-state index in [4.69, 9.17) is 2.76 Å². The predicted octanol–water partition coefficient (Wildman–Crippen LogP) is 2.85. The van der Waals surface area contributed by atoms with Crippen LogP contribution in [0.25, 0.3) is 11.3 Å². The van der Waals surface area contributed by atoms with Gasteiger partial charge in [-0.3, -0.25) is 0 Å². The Morgan fingerprint density at radius 2 is 2.00 bits per heavy atom. The van der Waals surface area contributed by atoms with Crippen molar-refractivity contribution in [2.24, 2.45) is 0 Å². The summed E-state index contributed by atoms with van der Waals surface area (Å²) in [6, 6.07) is 12.5. The Hall–Kier alpha value is -0.580. The van der Waals surface area contributed by atoms with Crippen molar-refractivity contribution in [1.29, 1.82) is 0 Å². The van der Waals surface area contributed by atoms with Crippen LogP contribution in [0.5, 0.6) is 0 Å². The Morgan fingerprint density at radius 3 is 2.62 bits per heavy atom. The van der Waals surface area contributed by atoms with E-state index in [2.05, 4.69) is 25.1 Å². The predicted molar refractivity (Wildman–Crippen MR) is 54.9 cm³/mol. The molecule has 0 N–H and O–H groups in total. The van der Waals surface area contributed by atoms with E-state index in [-0.39, 0.29) is 20.9 Å². The summed E-state index contributed by atoms with van der Waals surface area (Å²) in [5.74, 6) is 1.07. The normalized spacial score (nSPS) is 10.2. The van der Waals surface area contributed by atoms with Crippen LogP contribution in [0, 0.1) is 0 Å². The van der Waals surface area contributed by atoms with Crippen LogP contribution in [-0.2, 0) is 6.42 Å². The summed E-state index contributed by atoms with van der Waals surface area (Å²) in [4.78, 5) is 0. The molecule has 13 heavy (non-hydrogen) atoms. The molecular formula is C11H11OTe+. The standard InChI is InChI=1S/C11H11OTe/c1-2-10-8-11(12-13-10)9-6-4-3-5-7-9/h3-8H,2H2,1H3/q+1. The zero-order valence-corrected chi connectivity index (χ0v) is 9.82. The van der Waals surface area contributed by atoms with E-state index in [0.717, 1.165) is 12.2 Å². The van der Waals surface area contributed by atoms with Gasteiger partial charge in [-0.25, -0.2) is 0 Å². The fourth-order valence-corrected chi connectivity index (χ4v) is 2.94. The number of rotatable bonds is 2. The molecule has 1 nitrogen and oxygen atoms in total. The van der Waals surface area contributed by atoms with Crippen LogP contribution in [0.3, 0.4) is 0 Å². The maximum atomic E-state index is 5.70. The third-order valence-corrected chi connectivity index (χ3v) is 4.46. The summed E-state index contributed by atoms with van der Waals surface area (Å²) in [7, 11) is 0. The molecule has 0 aliphatic carbocycles. The van der Waals surface area contributed by atoms with Gasteiger partial charge in [0, 0.05) is 0 Å². The second kappa shape index (κ2) is 4.09. The van der Waals surface area contributed by atoms with Crippen LogP contribution in [0.15, 0.2) is 39.2 Å². The average Bonchev–Trinajstić information content (AvgIpc) is 2.67. The van der Waals surface area contributed by atoms with Crippen molar-refractivity contribution in [2.45, 2.75) is 13.3 Å². The van der Waals surface area contributed by atoms with E-state index in [0.29, 0.717) is 0 Å². The van der Waals surface area contributed by atoms with Crippen molar-refractivity contribution in [2.75, 3.05) is 0 Å². The first-order valence-corrected chi connectivity index (χ1v) is 6.49. The van der Waals surface area contributed by atoms with E-state index in [1.807, 2.05) is 18.2 Å². The Kier molecular flexibility index (Phi) is 2.83. The first kappa shape index (κ1) is 8.99. The van der Waals surface area contributed by atoms with Crippen molar-refractivity contribution in [3.05, 3.63) is 40.0 Å². The van der Waals surface area contributed by atoms with Crippen LogP contribution < -0.4 is 0 Å². The quantitative estimate of drug-likeness (QED) is 0.610. The van der Waals surface area contributed by atoms with E-state index < -0.39 is 0 Å². The van der Waals surface area contributed by atoms with Gasteiger partial charge in [0.05, 0.1) is 0 Å². The number of hydrogen-bond donors (Lipinski definition) is 0. The molecule has 1 aromatic carbocycles. The molecule has 0 amide bonds. The number of hydrogen-bond acceptors (Lipinski definition) is 0. The summed E-state index contributed by atoms with van der Waals surface area (Å²) in [6.07, 6.45) is 1.14. The molecule has 0 unspecified atom stereocenters. The van der Waals surface area contributed by atoms with Gasteiger partial charge >= 0.3 is 88.3 Å². The van der Waals surface area contributed by atoms with E-state index >= 15 is 0 Å². The molecule has 1 aromatic heterocycles. The maximum absolute atomic E-state index is 5.70. The van der Waals surface area contributed by atoms with Gasteiger partial charge in [0.2, 0.25) is 0 Å². The summed E-state index contributed by atoms with van der Waals surface area (Å²) in [5.41, 5.74) is 1.20. The average molecular weight is 287 g/mol. The number of benzene rings is 1.